The predicted molar refractivity (Wildman–Crippen MR) is 122 cm³/mol. The van der Waals surface area contributed by atoms with Gasteiger partial charge in [0.25, 0.3) is 0 Å². The molecule has 0 saturated carbocycles. The fourth-order valence-corrected chi connectivity index (χ4v) is 3.70. The lowest BCUT2D eigenvalue weighted by Crippen LogP contribution is -2.08. The Kier molecular flexibility index (Phi) is 8.59. The van der Waals surface area contributed by atoms with E-state index in [1.165, 1.54) is 30.2 Å². The Morgan fingerprint density at radius 1 is 1.09 bits per heavy atom. The van der Waals surface area contributed by atoms with Gasteiger partial charge in [0, 0.05) is 41.2 Å². The Morgan fingerprint density at radius 3 is 2.58 bits per heavy atom. The molecule has 0 bridgehead atoms. The molecule has 0 fully saturated rings. The van der Waals surface area contributed by atoms with Crippen LogP contribution in [0.15, 0.2) is 70.4 Å². The molecule has 0 saturated heterocycles. The maximum Gasteiger partial charge on any atom is 0.416 e. The molecule has 0 aliphatic heterocycles. The zero-order chi connectivity index (χ0) is 23.7. The van der Waals surface area contributed by atoms with Gasteiger partial charge in [0.05, 0.1) is 11.3 Å². The molecule has 0 amide bonds. The average Bonchev–Trinajstić information content (AvgIpc) is 3.25. The Hall–Kier alpha value is -3.20. The molecule has 0 aliphatic carbocycles. The Balaban J connectivity index is 1.50. The number of nitrogens with two attached hydrogens (primary N) is 1. The molecule has 2 aromatic carbocycles. The first kappa shape index (κ1) is 24.4. The molecule has 3 aromatic rings. The maximum absolute atomic E-state index is 13.9. The van der Waals surface area contributed by atoms with Crippen LogP contribution < -0.4 is 11.1 Å². The van der Waals surface area contributed by atoms with E-state index in [0.29, 0.717) is 17.5 Å². The zero-order valence-electron chi connectivity index (χ0n) is 17.6. The van der Waals surface area contributed by atoms with Gasteiger partial charge in [0.15, 0.2) is 0 Å². The molecule has 3 rings (SSSR count). The summed E-state index contributed by atoms with van der Waals surface area (Å²) in [5.41, 5.74) is 6.21. The van der Waals surface area contributed by atoms with E-state index < -0.39 is 17.6 Å². The quantitative estimate of drug-likeness (QED) is 0.205. The Bertz CT molecular complexity index is 1090. The molecule has 4 nitrogen and oxygen atoms in total. The van der Waals surface area contributed by atoms with E-state index >= 15 is 0 Å². The molecule has 0 spiro atoms. The fraction of sp³-hybridized carbons (Fsp3) is 0.208. The summed E-state index contributed by atoms with van der Waals surface area (Å²) in [6, 6.07) is 10.7. The normalized spacial score (nSPS) is 12.1. The van der Waals surface area contributed by atoms with Crippen molar-refractivity contribution in [3.05, 3.63) is 95.2 Å². The van der Waals surface area contributed by atoms with Gasteiger partial charge in [-0.05, 0) is 48.7 Å². The van der Waals surface area contributed by atoms with Gasteiger partial charge in [-0.3, -0.25) is 0 Å². The summed E-state index contributed by atoms with van der Waals surface area (Å²) < 4.78 is 57.2. The summed E-state index contributed by atoms with van der Waals surface area (Å²) in [4.78, 5) is 5.40. The van der Waals surface area contributed by atoms with Crippen molar-refractivity contribution in [3.63, 3.8) is 0 Å². The van der Waals surface area contributed by atoms with E-state index in [1.54, 1.807) is 18.0 Å². The van der Waals surface area contributed by atoms with Gasteiger partial charge in [-0.25, -0.2) is 9.37 Å². The van der Waals surface area contributed by atoms with Crippen LogP contribution >= 0.6 is 11.8 Å². The molecule has 0 unspecified atom stereocenters. The molecule has 9 heteroatoms. The van der Waals surface area contributed by atoms with E-state index in [4.69, 9.17) is 10.2 Å². The van der Waals surface area contributed by atoms with Gasteiger partial charge in [-0.15, -0.1) is 11.8 Å². The second-order valence-electron chi connectivity index (χ2n) is 7.09. The molecule has 3 N–H and O–H groups in total. The summed E-state index contributed by atoms with van der Waals surface area (Å²) in [6.45, 7) is 0.860. The number of thioether (sulfide) groups is 1. The van der Waals surface area contributed by atoms with Crippen molar-refractivity contribution in [1.29, 1.82) is 0 Å². The molecule has 0 radical (unpaired) electrons. The predicted octanol–water partition coefficient (Wildman–Crippen LogP) is 6.25. The van der Waals surface area contributed by atoms with E-state index in [0.717, 1.165) is 36.4 Å². The molecule has 33 heavy (non-hydrogen) atoms. The van der Waals surface area contributed by atoms with Crippen LogP contribution in [0.2, 0.25) is 0 Å². The van der Waals surface area contributed by atoms with Crippen LogP contribution in [0.4, 0.5) is 17.6 Å². The molecule has 1 aromatic heterocycles. The zero-order valence-corrected chi connectivity index (χ0v) is 18.4. The lowest BCUT2D eigenvalue weighted by atomic mass is 10.1. The third-order valence-corrected chi connectivity index (χ3v) is 5.66. The summed E-state index contributed by atoms with van der Waals surface area (Å²) in [5, 5.41) is 3.10. The van der Waals surface area contributed by atoms with E-state index in [-0.39, 0.29) is 11.5 Å². The number of hydrogen-bond donors (Lipinski definition) is 2. The first-order valence-corrected chi connectivity index (χ1v) is 11.1. The van der Waals surface area contributed by atoms with Crippen LogP contribution in [0.3, 0.4) is 0 Å². The highest BCUT2D eigenvalue weighted by atomic mass is 32.2. The van der Waals surface area contributed by atoms with Crippen molar-refractivity contribution in [3.8, 4) is 0 Å². The molecule has 1 heterocycles. The minimum absolute atomic E-state index is 0.0174. The number of halogens is 4. The largest absolute Gasteiger partial charge is 0.445 e. The smallest absolute Gasteiger partial charge is 0.416 e. The second kappa shape index (κ2) is 11.6. The van der Waals surface area contributed by atoms with Crippen molar-refractivity contribution in [2.24, 2.45) is 5.73 Å². The van der Waals surface area contributed by atoms with Crippen molar-refractivity contribution in [2.45, 2.75) is 29.7 Å². The molecule has 0 atom stereocenters. The van der Waals surface area contributed by atoms with Gasteiger partial charge in [0.1, 0.15) is 12.1 Å². The van der Waals surface area contributed by atoms with Crippen molar-refractivity contribution in [1.82, 2.24) is 10.3 Å². The van der Waals surface area contributed by atoms with Gasteiger partial charge >= 0.3 is 6.18 Å². The van der Waals surface area contributed by atoms with E-state index in [1.807, 2.05) is 0 Å². The minimum atomic E-state index is -4.59. The lowest BCUT2D eigenvalue weighted by molar-refractivity contribution is -0.137. The Labute approximate surface area is 193 Å². The number of alkyl halides is 3. The average molecular weight is 478 g/mol. The fourth-order valence-electron chi connectivity index (χ4n) is 2.92. The van der Waals surface area contributed by atoms with Gasteiger partial charge < -0.3 is 15.5 Å². The highest BCUT2D eigenvalue weighted by Crippen LogP contribution is 2.30. The summed E-state index contributed by atoms with van der Waals surface area (Å²) in [5.74, 6) is -0.130. The van der Waals surface area contributed by atoms with Crippen molar-refractivity contribution < 1.29 is 22.0 Å². The van der Waals surface area contributed by atoms with E-state index in [9.17, 15) is 17.6 Å². The SMILES string of the molecule is N/C=C\NCCCc1ccc(SCc2coc(/C=C/c3ccc(C(F)(F)F)cc3F)n2)cc1. The van der Waals surface area contributed by atoms with Crippen LogP contribution in [-0.2, 0) is 18.3 Å². The van der Waals surface area contributed by atoms with Crippen molar-refractivity contribution in [2.75, 3.05) is 6.54 Å². The van der Waals surface area contributed by atoms with Gasteiger partial charge in [0.2, 0.25) is 5.89 Å². The summed E-state index contributed by atoms with van der Waals surface area (Å²) >= 11 is 1.60. The minimum Gasteiger partial charge on any atom is -0.445 e. The van der Waals surface area contributed by atoms with Crippen molar-refractivity contribution >= 4 is 23.9 Å². The number of benzene rings is 2. The monoisotopic (exact) mass is 477 g/mol. The number of nitrogens with zero attached hydrogens (tertiary/aromatic N) is 1. The van der Waals surface area contributed by atoms with Gasteiger partial charge in [-0.2, -0.15) is 13.2 Å². The first-order valence-electron chi connectivity index (χ1n) is 10.2. The molecule has 174 valence electrons. The second-order valence-corrected chi connectivity index (χ2v) is 8.14. The number of hydrogen-bond acceptors (Lipinski definition) is 5. The Morgan fingerprint density at radius 2 is 1.88 bits per heavy atom. The third kappa shape index (κ3) is 7.71. The number of nitrogens with one attached hydrogen (secondary N) is 1. The molecular weight excluding hydrogens is 454 g/mol. The summed E-state index contributed by atoms with van der Waals surface area (Å²) in [7, 11) is 0. The van der Waals surface area contributed by atoms with Crippen LogP contribution in [-0.4, -0.2) is 11.5 Å². The van der Waals surface area contributed by atoms with Gasteiger partial charge in [-0.1, -0.05) is 18.2 Å². The van der Waals surface area contributed by atoms with Crippen LogP contribution in [0.25, 0.3) is 12.2 Å². The highest BCUT2D eigenvalue weighted by molar-refractivity contribution is 7.98. The standard InChI is InChI=1S/C24H23F4N3OS/c25-22-14-19(24(26,27)28)7-5-18(22)6-10-23-31-20(15-32-23)16-33-21-8-3-17(4-9-21)2-1-12-30-13-11-29/h3-11,13-15,30H,1-2,12,16,29H2/b10-6+,13-11-. The molecule has 0 aliphatic rings. The third-order valence-electron chi connectivity index (χ3n) is 4.61. The maximum atomic E-state index is 13.9. The van der Waals surface area contributed by atoms with Crippen LogP contribution in [0, 0.1) is 5.82 Å². The number of aryl methyl sites for hydroxylation is 1. The van der Waals surface area contributed by atoms with E-state index in [2.05, 4.69) is 34.6 Å². The number of rotatable bonds is 10. The highest BCUT2D eigenvalue weighted by Gasteiger charge is 2.30. The summed E-state index contributed by atoms with van der Waals surface area (Å²) in [6.07, 6.45) is 4.84. The number of oxazole rings is 1. The number of aromatic nitrogens is 1. The first-order chi connectivity index (χ1) is 15.8. The van der Waals surface area contributed by atoms with Crippen LogP contribution in [0.1, 0.15) is 34.7 Å². The lowest BCUT2D eigenvalue weighted by Gasteiger charge is -2.07. The topological polar surface area (TPSA) is 64.1 Å². The van der Waals surface area contributed by atoms with Crippen LogP contribution in [0.5, 0.6) is 0 Å². The molecular formula is C24H23F4N3OS.